The number of pyridine rings is 1. The first-order valence-corrected chi connectivity index (χ1v) is 4.73. The third kappa shape index (κ3) is 4.97. The van der Waals surface area contributed by atoms with Gasteiger partial charge in [0.1, 0.15) is 5.82 Å². The highest BCUT2D eigenvalue weighted by molar-refractivity contribution is 5.80. The maximum absolute atomic E-state index is 11.2. The van der Waals surface area contributed by atoms with Gasteiger partial charge in [0.2, 0.25) is 5.91 Å². The third-order valence-corrected chi connectivity index (χ3v) is 1.72. The zero-order valence-electron chi connectivity index (χ0n) is 8.69. The highest BCUT2D eigenvalue weighted by Gasteiger charge is 1.99. The smallest absolute Gasteiger partial charge is 0.239 e. The Morgan fingerprint density at radius 3 is 3.07 bits per heavy atom. The minimum Gasteiger partial charge on any atom is -0.383 e. The number of hydrogen-bond donors (Lipinski definition) is 2. The standard InChI is InChI=1S/C10H15N3O2/c1-15-7-6-12-10(14)8-13-9-4-2-3-5-11-9/h2-5H,6-8H2,1H3,(H,11,13)(H,12,14). The van der Waals surface area contributed by atoms with Gasteiger partial charge in [-0.1, -0.05) is 6.07 Å². The number of amides is 1. The number of nitrogens with one attached hydrogen (secondary N) is 2. The highest BCUT2D eigenvalue weighted by atomic mass is 16.5. The van der Waals surface area contributed by atoms with Crippen molar-refractivity contribution in [2.24, 2.45) is 0 Å². The van der Waals surface area contributed by atoms with E-state index in [9.17, 15) is 4.79 Å². The van der Waals surface area contributed by atoms with Gasteiger partial charge in [-0.3, -0.25) is 4.79 Å². The monoisotopic (exact) mass is 209 g/mol. The molecule has 0 aliphatic heterocycles. The molecule has 1 amide bonds. The van der Waals surface area contributed by atoms with Crippen molar-refractivity contribution in [1.82, 2.24) is 10.3 Å². The van der Waals surface area contributed by atoms with Crippen LogP contribution in [0.1, 0.15) is 0 Å². The third-order valence-electron chi connectivity index (χ3n) is 1.72. The number of carbonyl (C=O) groups excluding carboxylic acids is 1. The van der Waals surface area contributed by atoms with Crippen LogP contribution >= 0.6 is 0 Å². The van der Waals surface area contributed by atoms with Crippen LogP contribution in [0.2, 0.25) is 0 Å². The van der Waals surface area contributed by atoms with Gasteiger partial charge in [0, 0.05) is 19.9 Å². The lowest BCUT2D eigenvalue weighted by atomic mass is 10.4. The average Bonchev–Trinajstić information content (AvgIpc) is 2.28. The van der Waals surface area contributed by atoms with Crippen LogP contribution in [0.15, 0.2) is 24.4 Å². The molecule has 0 atom stereocenters. The summed E-state index contributed by atoms with van der Waals surface area (Å²) in [6.07, 6.45) is 1.67. The number of aromatic nitrogens is 1. The second-order valence-electron chi connectivity index (χ2n) is 2.91. The molecule has 82 valence electrons. The summed E-state index contributed by atoms with van der Waals surface area (Å²) in [4.78, 5) is 15.3. The van der Waals surface area contributed by atoms with E-state index in [4.69, 9.17) is 4.74 Å². The van der Waals surface area contributed by atoms with Gasteiger partial charge < -0.3 is 15.4 Å². The fourth-order valence-electron chi connectivity index (χ4n) is 0.993. The molecule has 0 aliphatic carbocycles. The van der Waals surface area contributed by atoms with E-state index in [1.165, 1.54) is 0 Å². The lowest BCUT2D eigenvalue weighted by Crippen LogP contribution is -2.32. The molecule has 0 unspecified atom stereocenters. The minimum atomic E-state index is -0.0716. The van der Waals surface area contributed by atoms with Crippen molar-refractivity contribution in [3.8, 4) is 0 Å². The molecule has 1 heterocycles. The summed E-state index contributed by atoms with van der Waals surface area (Å²) in [5.74, 6) is 0.622. The van der Waals surface area contributed by atoms with Crippen LogP contribution in [0.3, 0.4) is 0 Å². The van der Waals surface area contributed by atoms with Gasteiger partial charge in [0.15, 0.2) is 0 Å². The van der Waals surface area contributed by atoms with Gasteiger partial charge in [0.25, 0.3) is 0 Å². The molecule has 0 bridgehead atoms. The van der Waals surface area contributed by atoms with Gasteiger partial charge >= 0.3 is 0 Å². The second-order valence-corrected chi connectivity index (χ2v) is 2.91. The molecule has 0 saturated heterocycles. The highest BCUT2D eigenvalue weighted by Crippen LogP contribution is 1.97. The second kappa shape index (κ2) is 6.78. The van der Waals surface area contributed by atoms with Gasteiger partial charge in [-0.2, -0.15) is 0 Å². The molecule has 0 radical (unpaired) electrons. The predicted octanol–water partition coefficient (Wildman–Crippen LogP) is 0.256. The molecule has 15 heavy (non-hydrogen) atoms. The van der Waals surface area contributed by atoms with Crippen molar-refractivity contribution in [3.05, 3.63) is 24.4 Å². The lowest BCUT2D eigenvalue weighted by Gasteiger charge is -2.06. The summed E-state index contributed by atoms with van der Waals surface area (Å²) in [7, 11) is 1.60. The average molecular weight is 209 g/mol. The van der Waals surface area contributed by atoms with Crippen molar-refractivity contribution in [3.63, 3.8) is 0 Å². The van der Waals surface area contributed by atoms with E-state index in [0.29, 0.717) is 19.0 Å². The molecular formula is C10H15N3O2. The number of hydrogen-bond acceptors (Lipinski definition) is 4. The normalized spacial score (nSPS) is 9.67. The molecule has 1 aromatic rings. The minimum absolute atomic E-state index is 0.0716. The Labute approximate surface area is 88.9 Å². The van der Waals surface area contributed by atoms with E-state index in [-0.39, 0.29) is 12.5 Å². The first kappa shape index (κ1) is 11.5. The van der Waals surface area contributed by atoms with Crippen molar-refractivity contribution in [1.29, 1.82) is 0 Å². The Balaban J connectivity index is 2.17. The molecule has 0 aromatic carbocycles. The van der Waals surface area contributed by atoms with E-state index in [0.717, 1.165) is 0 Å². The number of anilines is 1. The van der Waals surface area contributed by atoms with Crippen molar-refractivity contribution in [2.75, 3.05) is 32.1 Å². The summed E-state index contributed by atoms with van der Waals surface area (Å²) in [6.45, 7) is 1.27. The molecule has 0 aliphatic rings. The summed E-state index contributed by atoms with van der Waals surface area (Å²) >= 11 is 0. The Hall–Kier alpha value is -1.62. The fraction of sp³-hybridized carbons (Fsp3) is 0.400. The Kier molecular flexibility index (Phi) is 5.18. The Morgan fingerprint density at radius 2 is 2.40 bits per heavy atom. The van der Waals surface area contributed by atoms with Crippen LogP contribution in [-0.2, 0) is 9.53 Å². The van der Waals surface area contributed by atoms with E-state index in [2.05, 4.69) is 15.6 Å². The molecule has 0 saturated carbocycles. The Bertz CT molecular complexity index is 290. The van der Waals surface area contributed by atoms with Gasteiger partial charge in [-0.25, -0.2) is 4.98 Å². The largest absolute Gasteiger partial charge is 0.383 e. The van der Waals surface area contributed by atoms with Crippen LogP contribution in [0, 0.1) is 0 Å². The van der Waals surface area contributed by atoms with E-state index in [1.54, 1.807) is 13.3 Å². The zero-order chi connectivity index (χ0) is 10.9. The van der Waals surface area contributed by atoms with E-state index in [1.807, 2.05) is 18.2 Å². The molecule has 1 rings (SSSR count). The molecule has 5 nitrogen and oxygen atoms in total. The van der Waals surface area contributed by atoms with Crippen LogP contribution in [-0.4, -0.2) is 37.7 Å². The maximum Gasteiger partial charge on any atom is 0.239 e. The van der Waals surface area contributed by atoms with Crippen molar-refractivity contribution < 1.29 is 9.53 Å². The summed E-state index contributed by atoms with van der Waals surface area (Å²) in [5, 5.41) is 5.61. The van der Waals surface area contributed by atoms with Gasteiger partial charge in [-0.15, -0.1) is 0 Å². The summed E-state index contributed by atoms with van der Waals surface area (Å²) in [6, 6.07) is 5.49. The molecule has 0 spiro atoms. The molecule has 2 N–H and O–H groups in total. The number of nitrogens with zero attached hydrogens (tertiary/aromatic N) is 1. The Morgan fingerprint density at radius 1 is 1.53 bits per heavy atom. The van der Waals surface area contributed by atoms with Gasteiger partial charge in [-0.05, 0) is 12.1 Å². The fourth-order valence-corrected chi connectivity index (χ4v) is 0.993. The molecule has 1 aromatic heterocycles. The molecule has 0 fully saturated rings. The summed E-state index contributed by atoms with van der Waals surface area (Å²) < 4.78 is 4.81. The van der Waals surface area contributed by atoms with Crippen molar-refractivity contribution in [2.45, 2.75) is 0 Å². The number of ether oxygens (including phenoxy) is 1. The number of carbonyl (C=O) groups is 1. The topological polar surface area (TPSA) is 63.2 Å². The molecule has 5 heteroatoms. The van der Waals surface area contributed by atoms with Gasteiger partial charge in [0.05, 0.1) is 13.2 Å². The molecular weight excluding hydrogens is 194 g/mol. The first-order valence-electron chi connectivity index (χ1n) is 4.73. The van der Waals surface area contributed by atoms with E-state index < -0.39 is 0 Å². The SMILES string of the molecule is COCCNC(=O)CNc1ccccn1. The number of methoxy groups -OCH3 is 1. The number of rotatable bonds is 6. The van der Waals surface area contributed by atoms with Crippen LogP contribution in [0.4, 0.5) is 5.82 Å². The van der Waals surface area contributed by atoms with Crippen LogP contribution < -0.4 is 10.6 Å². The predicted molar refractivity (Wildman–Crippen MR) is 57.6 cm³/mol. The first-order chi connectivity index (χ1) is 7.33. The van der Waals surface area contributed by atoms with Crippen molar-refractivity contribution >= 4 is 11.7 Å². The zero-order valence-corrected chi connectivity index (χ0v) is 8.69. The lowest BCUT2D eigenvalue weighted by molar-refractivity contribution is -0.119. The van der Waals surface area contributed by atoms with Crippen LogP contribution in [0.5, 0.6) is 0 Å². The maximum atomic E-state index is 11.2. The summed E-state index contributed by atoms with van der Waals surface area (Å²) in [5.41, 5.74) is 0. The quantitative estimate of drug-likeness (QED) is 0.659. The van der Waals surface area contributed by atoms with Crippen LogP contribution in [0.25, 0.3) is 0 Å². The van der Waals surface area contributed by atoms with E-state index >= 15 is 0 Å².